The normalized spacial score (nSPS) is 11.6. The lowest BCUT2D eigenvalue weighted by molar-refractivity contribution is -0.0258. The van der Waals surface area contributed by atoms with Crippen molar-refractivity contribution in [2.45, 2.75) is 18.2 Å². The molecule has 0 aliphatic heterocycles. The molecule has 2 rings (SSSR count). The number of amides is 1. The summed E-state index contributed by atoms with van der Waals surface area (Å²) >= 11 is 5.99. The molecule has 8 heteroatoms. The van der Waals surface area contributed by atoms with Crippen LogP contribution in [-0.2, 0) is 21.3 Å². The van der Waals surface area contributed by atoms with Gasteiger partial charge in [-0.1, -0.05) is 35.1 Å². The lowest BCUT2D eigenvalue weighted by atomic mass is 10.1. The summed E-state index contributed by atoms with van der Waals surface area (Å²) in [5.74, 6) is -0.429. The van der Waals surface area contributed by atoms with E-state index in [0.717, 1.165) is 12.0 Å². The first-order valence-electron chi connectivity index (χ1n) is 7.52. The second-order valence-corrected chi connectivity index (χ2v) is 7.56. The number of carbonyl (C=O) groups is 1. The third-order valence-electron chi connectivity index (χ3n) is 3.66. The van der Waals surface area contributed by atoms with Gasteiger partial charge in [0.1, 0.15) is 4.90 Å². The largest absolute Gasteiger partial charge is 0.322 e. The van der Waals surface area contributed by atoms with E-state index in [0.29, 0.717) is 10.2 Å². The van der Waals surface area contributed by atoms with E-state index < -0.39 is 15.9 Å². The summed E-state index contributed by atoms with van der Waals surface area (Å²) < 4.78 is 25.5. The van der Waals surface area contributed by atoms with Crippen LogP contribution in [0.2, 0.25) is 5.02 Å². The van der Waals surface area contributed by atoms with Crippen LogP contribution in [0.4, 0.5) is 5.69 Å². The van der Waals surface area contributed by atoms with Crippen LogP contribution < -0.4 is 5.32 Å². The van der Waals surface area contributed by atoms with Gasteiger partial charge in [-0.05, 0) is 42.3 Å². The Labute approximate surface area is 152 Å². The Morgan fingerprint density at radius 2 is 1.96 bits per heavy atom. The van der Waals surface area contributed by atoms with Gasteiger partial charge in [-0.25, -0.2) is 8.42 Å². The van der Waals surface area contributed by atoms with E-state index in [4.69, 9.17) is 16.4 Å². The third kappa shape index (κ3) is 4.38. The fraction of sp³-hybridized carbons (Fsp3) is 0.235. The predicted octanol–water partition coefficient (Wildman–Crippen LogP) is 3.34. The first-order valence-corrected chi connectivity index (χ1v) is 9.34. The van der Waals surface area contributed by atoms with Gasteiger partial charge in [0.2, 0.25) is 0 Å². The zero-order valence-corrected chi connectivity index (χ0v) is 15.7. The predicted molar refractivity (Wildman–Crippen MR) is 97.2 cm³/mol. The lowest BCUT2D eigenvalue weighted by Crippen LogP contribution is -2.26. The summed E-state index contributed by atoms with van der Waals surface area (Å²) in [4.78, 5) is 17.0. The fourth-order valence-electron chi connectivity index (χ4n) is 2.15. The van der Waals surface area contributed by atoms with Crippen LogP contribution in [0.25, 0.3) is 0 Å². The third-order valence-corrected chi connectivity index (χ3v) is 5.82. The number of halogens is 1. The summed E-state index contributed by atoms with van der Waals surface area (Å²) in [6.07, 6.45) is 0.844. The molecule has 0 atom stereocenters. The van der Waals surface area contributed by atoms with Gasteiger partial charge in [0.05, 0.1) is 12.1 Å². The molecule has 0 aliphatic carbocycles. The zero-order chi connectivity index (χ0) is 18.6. The molecule has 0 saturated carbocycles. The maximum absolute atomic E-state index is 12.4. The maximum Gasteiger partial charge on any atom is 0.266 e. The Kier molecular flexibility index (Phi) is 6.18. The Hall–Kier alpha value is -1.93. The molecule has 0 fully saturated rings. The SMILES string of the molecule is CCc1cccc(NC(=O)c2ccc(Cl)c(S(=O)(=O)N(C)OC)c2)c1. The molecule has 0 aliphatic rings. The number of anilines is 1. The molecular weight excluding hydrogens is 364 g/mol. The monoisotopic (exact) mass is 382 g/mol. The van der Waals surface area contributed by atoms with Crippen molar-refractivity contribution in [3.05, 3.63) is 58.6 Å². The van der Waals surface area contributed by atoms with Crippen LogP contribution in [0, 0.1) is 0 Å². The minimum Gasteiger partial charge on any atom is -0.322 e. The number of benzene rings is 2. The van der Waals surface area contributed by atoms with Gasteiger partial charge in [0.25, 0.3) is 15.9 Å². The molecule has 1 N–H and O–H groups in total. The topological polar surface area (TPSA) is 75.7 Å². The van der Waals surface area contributed by atoms with Crippen molar-refractivity contribution in [1.29, 1.82) is 0 Å². The number of carbonyl (C=O) groups excluding carboxylic acids is 1. The number of sulfonamides is 1. The smallest absolute Gasteiger partial charge is 0.266 e. The second-order valence-electron chi connectivity index (χ2n) is 5.25. The summed E-state index contributed by atoms with van der Waals surface area (Å²) in [7, 11) is -1.49. The number of hydroxylamine groups is 1. The highest BCUT2D eigenvalue weighted by molar-refractivity contribution is 7.89. The molecule has 0 saturated heterocycles. The molecule has 2 aromatic carbocycles. The van der Waals surface area contributed by atoms with Crippen molar-refractivity contribution in [3.8, 4) is 0 Å². The molecule has 0 bridgehead atoms. The molecule has 0 radical (unpaired) electrons. The van der Waals surface area contributed by atoms with Crippen molar-refractivity contribution in [2.24, 2.45) is 0 Å². The van der Waals surface area contributed by atoms with Gasteiger partial charge >= 0.3 is 0 Å². The van der Waals surface area contributed by atoms with Crippen molar-refractivity contribution < 1.29 is 18.0 Å². The van der Waals surface area contributed by atoms with Crippen LogP contribution in [0.5, 0.6) is 0 Å². The molecule has 134 valence electrons. The van der Waals surface area contributed by atoms with E-state index in [9.17, 15) is 13.2 Å². The Bertz CT molecular complexity index is 884. The van der Waals surface area contributed by atoms with Gasteiger partial charge < -0.3 is 5.32 Å². The van der Waals surface area contributed by atoms with E-state index in [1.54, 1.807) is 6.07 Å². The van der Waals surface area contributed by atoms with Crippen LogP contribution in [0.1, 0.15) is 22.8 Å². The van der Waals surface area contributed by atoms with Gasteiger partial charge in [-0.3, -0.25) is 9.63 Å². The highest BCUT2D eigenvalue weighted by atomic mass is 35.5. The van der Waals surface area contributed by atoms with Gasteiger partial charge in [-0.15, -0.1) is 0 Å². The average Bonchev–Trinajstić information content (AvgIpc) is 2.61. The Morgan fingerprint density at radius 1 is 1.24 bits per heavy atom. The number of rotatable bonds is 6. The van der Waals surface area contributed by atoms with E-state index in [1.807, 2.05) is 25.1 Å². The number of nitrogens with one attached hydrogen (secondary N) is 1. The Morgan fingerprint density at radius 3 is 2.60 bits per heavy atom. The minimum atomic E-state index is -3.96. The molecule has 0 spiro atoms. The summed E-state index contributed by atoms with van der Waals surface area (Å²) in [6.45, 7) is 2.02. The lowest BCUT2D eigenvalue weighted by Gasteiger charge is -2.16. The summed E-state index contributed by atoms with van der Waals surface area (Å²) in [6, 6.07) is 11.5. The summed E-state index contributed by atoms with van der Waals surface area (Å²) in [5.41, 5.74) is 1.89. The van der Waals surface area contributed by atoms with Crippen molar-refractivity contribution in [2.75, 3.05) is 19.5 Å². The van der Waals surface area contributed by atoms with E-state index in [1.165, 1.54) is 32.4 Å². The van der Waals surface area contributed by atoms with E-state index in [-0.39, 0.29) is 15.5 Å². The second kappa shape index (κ2) is 7.97. The van der Waals surface area contributed by atoms with Crippen LogP contribution in [-0.4, -0.2) is 33.0 Å². The molecular formula is C17H19ClN2O4S. The first kappa shape index (κ1) is 19.4. The molecule has 25 heavy (non-hydrogen) atoms. The molecule has 1 amide bonds. The highest BCUT2D eigenvalue weighted by Crippen LogP contribution is 2.26. The first-order chi connectivity index (χ1) is 11.8. The average molecular weight is 383 g/mol. The Balaban J connectivity index is 2.34. The molecule has 0 unspecified atom stereocenters. The van der Waals surface area contributed by atoms with Crippen LogP contribution in [0.3, 0.4) is 0 Å². The standard InChI is InChI=1S/C17H19ClN2O4S/c1-4-12-6-5-7-14(10-12)19-17(21)13-8-9-15(18)16(11-13)25(22,23)20(2)24-3/h5-11H,4H2,1-3H3,(H,19,21). The van der Waals surface area contributed by atoms with Crippen molar-refractivity contribution in [3.63, 3.8) is 0 Å². The van der Waals surface area contributed by atoms with E-state index >= 15 is 0 Å². The quantitative estimate of drug-likeness (QED) is 0.777. The van der Waals surface area contributed by atoms with Crippen molar-refractivity contribution in [1.82, 2.24) is 4.47 Å². The zero-order valence-electron chi connectivity index (χ0n) is 14.1. The molecule has 0 aromatic heterocycles. The van der Waals surface area contributed by atoms with Crippen LogP contribution in [0.15, 0.2) is 47.4 Å². The maximum atomic E-state index is 12.4. The number of nitrogens with zero attached hydrogens (tertiary/aromatic N) is 1. The number of hydrogen-bond acceptors (Lipinski definition) is 4. The fourth-order valence-corrected chi connectivity index (χ4v) is 3.62. The van der Waals surface area contributed by atoms with Crippen molar-refractivity contribution >= 4 is 33.2 Å². The van der Waals surface area contributed by atoms with Crippen LogP contribution >= 0.6 is 11.6 Å². The minimum absolute atomic E-state index is 0.00781. The number of aryl methyl sites for hydroxylation is 1. The highest BCUT2D eigenvalue weighted by Gasteiger charge is 2.25. The van der Waals surface area contributed by atoms with Gasteiger partial charge in [0, 0.05) is 18.3 Å². The molecule has 6 nitrogen and oxygen atoms in total. The van der Waals surface area contributed by atoms with E-state index in [2.05, 4.69) is 5.32 Å². The van der Waals surface area contributed by atoms with Gasteiger partial charge in [0.15, 0.2) is 0 Å². The summed E-state index contributed by atoms with van der Waals surface area (Å²) in [5, 5.41) is 2.76. The molecule has 0 heterocycles. The molecule has 2 aromatic rings. The number of hydrogen-bond donors (Lipinski definition) is 1. The van der Waals surface area contributed by atoms with Gasteiger partial charge in [-0.2, -0.15) is 0 Å².